The molecule has 138 valence electrons. The van der Waals surface area contributed by atoms with Gasteiger partial charge >= 0.3 is 0 Å². The van der Waals surface area contributed by atoms with Crippen LogP contribution in [0.25, 0.3) is 0 Å². The zero-order valence-corrected chi connectivity index (χ0v) is 15.6. The average Bonchev–Trinajstić information content (AvgIpc) is 2.71. The van der Waals surface area contributed by atoms with Crippen LogP contribution in [0.1, 0.15) is 21.5 Å². The molecule has 3 aromatic rings. The molecule has 0 heterocycles. The molecule has 0 bridgehead atoms. The van der Waals surface area contributed by atoms with Crippen molar-refractivity contribution in [1.29, 1.82) is 0 Å². The Labute approximate surface area is 163 Å². The van der Waals surface area contributed by atoms with Gasteiger partial charge in [-0.2, -0.15) is 0 Å². The lowest BCUT2D eigenvalue weighted by Crippen LogP contribution is -2.03. The number of hydrogen-bond donors (Lipinski definition) is 0. The van der Waals surface area contributed by atoms with E-state index in [4.69, 9.17) is 25.8 Å². The minimum absolute atomic E-state index is 0.281. The third-order valence-corrected chi connectivity index (χ3v) is 4.14. The van der Waals surface area contributed by atoms with E-state index in [9.17, 15) is 4.79 Å². The predicted molar refractivity (Wildman–Crippen MR) is 105 cm³/mol. The van der Waals surface area contributed by atoms with Crippen LogP contribution in [0, 0.1) is 0 Å². The Morgan fingerprint density at radius 3 is 1.63 bits per heavy atom. The van der Waals surface area contributed by atoms with Crippen LogP contribution in [0.5, 0.6) is 17.2 Å². The summed E-state index contributed by atoms with van der Waals surface area (Å²) in [7, 11) is 1.53. The summed E-state index contributed by atoms with van der Waals surface area (Å²) in [6, 6.07) is 22.5. The SMILES string of the molecule is COc1c(OCc2ccccc2)cc(C(=O)Cl)cc1OCc1ccccc1. The van der Waals surface area contributed by atoms with Crippen molar-refractivity contribution in [3.63, 3.8) is 0 Å². The molecule has 0 aliphatic heterocycles. The van der Waals surface area contributed by atoms with Crippen LogP contribution in [0.4, 0.5) is 0 Å². The summed E-state index contributed by atoms with van der Waals surface area (Å²) in [6.45, 7) is 0.657. The van der Waals surface area contributed by atoms with Gasteiger partial charge in [0.15, 0.2) is 11.5 Å². The van der Waals surface area contributed by atoms with Gasteiger partial charge in [0.25, 0.3) is 5.24 Å². The lowest BCUT2D eigenvalue weighted by Gasteiger charge is -2.16. The molecule has 0 aromatic heterocycles. The fourth-order valence-electron chi connectivity index (χ4n) is 2.58. The molecule has 0 N–H and O–H groups in total. The highest BCUT2D eigenvalue weighted by Gasteiger charge is 2.17. The summed E-state index contributed by atoms with van der Waals surface area (Å²) in [6.07, 6.45) is 0. The van der Waals surface area contributed by atoms with E-state index in [1.807, 2.05) is 60.7 Å². The molecule has 0 spiro atoms. The number of carbonyl (C=O) groups is 1. The molecule has 0 saturated heterocycles. The van der Waals surface area contributed by atoms with Crippen LogP contribution in [-0.2, 0) is 13.2 Å². The van der Waals surface area contributed by atoms with Crippen molar-refractivity contribution in [3.8, 4) is 17.2 Å². The third-order valence-electron chi connectivity index (χ3n) is 3.93. The quantitative estimate of drug-likeness (QED) is 0.500. The van der Waals surface area contributed by atoms with E-state index in [1.165, 1.54) is 7.11 Å². The van der Waals surface area contributed by atoms with Gasteiger partial charge in [-0.05, 0) is 34.9 Å². The van der Waals surface area contributed by atoms with E-state index in [0.29, 0.717) is 30.5 Å². The fourth-order valence-corrected chi connectivity index (χ4v) is 2.69. The molecule has 5 heteroatoms. The smallest absolute Gasteiger partial charge is 0.252 e. The van der Waals surface area contributed by atoms with Crippen molar-refractivity contribution in [2.24, 2.45) is 0 Å². The highest BCUT2D eigenvalue weighted by Crippen LogP contribution is 2.39. The normalized spacial score (nSPS) is 10.3. The van der Waals surface area contributed by atoms with E-state index in [-0.39, 0.29) is 5.56 Å². The van der Waals surface area contributed by atoms with Crippen molar-refractivity contribution in [3.05, 3.63) is 89.5 Å². The van der Waals surface area contributed by atoms with Gasteiger partial charge < -0.3 is 14.2 Å². The number of rotatable bonds is 8. The first-order valence-electron chi connectivity index (χ1n) is 8.42. The molecule has 0 aliphatic rings. The topological polar surface area (TPSA) is 44.8 Å². The van der Waals surface area contributed by atoms with Crippen LogP contribution >= 0.6 is 11.6 Å². The Kier molecular flexibility index (Phi) is 6.34. The first kappa shape index (κ1) is 18.8. The summed E-state index contributed by atoms with van der Waals surface area (Å²) < 4.78 is 17.2. The number of ether oxygens (including phenoxy) is 3. The Morgan fingerprint density at radius 1 is 0.815 bits per heavy atom. The second-order valence-corrected chi connectivity index (χ2v) is 6.17. The largest absolute Gasteiger partial charge is 0.490 e. The van der Waals surface area contributed by atoms with E-state index in [2.05, 4.69) is 0 Å². The van der Waals surface area contributed by atoms with E-state index < -0.39 is 5.24 Å². The summed E-state index contributed by atoms with van der Waals surface area (Å²) >= 11 is 5.69. The molecule has 0 fully saturated rings. The minimum Gasteiger partial charge on any atom is -0.490 e. The van der Waals surface area contributed by atoms with Crippen molar-refractivity contribution in [2.75, 3.05) is 7.11 Å². The molecule has 4 nitrogen and oxygen atoms in total. The zero-order chi connectivity index (χ0) is 19.1. The zero-order valence-electron chi connectivity index (χ0n) is 14.9. The molecule has 0 radical (unpaired) electrons. The Balaban J connectivity index is 1.86. The van der Waals surface area contributed by atoms with Gasteiger partial charge in [0.2, 0.25) is 5.75 Å². The lowest BCUT2D eigenvalue weighted by molar-refractivity contribution is 0.108. The molecule has 3 aromatic carbocycles. The van der Waals surface area contributed by atoms with Crippen molar-refractivity contribution >= 4 is 16.8 Å². The van der Waals surface area contributed by atoms with Crippen LogP contribution < -0.4 is 14.2 Å². The van der Waals surface area contributed by atoms with Gasteiger partial charge in [-0.15, -0.1) is 0 Å². The van der Waals surface area contributed by atoms with Gasteiger partial charge in [0, 0.05) is 5.56 Å². The van der Waals surface area contributed by atoms with Crippen LogP contribution in [-0.4, -0.2) is 12.4 Å². The Morgan fingerprint density at radius 2 is 1.26 bits per heavy atom. The van der Waals surface area contributed by atoms with E-state index >= 15 is 0 Å². The molecular weight excluding hydrogens is 364 g/mol. The summed E-state index contributed by atoms with van der Waals surface area (Å²) in [5, 5.41) is -0.591. The van der Waals surface area contributed by atoms with Crippen molar-refractivity contribution in [1.82, 2.24) is 0 Å². The maximum Gasteiger partial charge on any atom is 0.252 e. The van der Waals surface area contributed by atoms with Gasteiger partial charge in [-0.1, -0.05) is 60.7 Å². The van der Waals surface area contributed by atoms with Crippen molar-refractivity contribution < 1.29 is 19.0 Å². The average molecular weight is 383 g/mol. The number of halogens is 1. The predicted octanol–water partition coefficient (Wildman–Crippen LogP) is 5.23. The van der Waals surface area contributed by atoms with Crippen molar-refractivity contribution in [2.45, 2.75) is 13.2 Å². The molecule has 0 atom stereocenters. The van der Waals surface area contributed by atoms with Gasteiger partial charge in [-0.3, -0.25) is 4.79 Å². The standard InChI is InChI=1S/C22H19ClO4/c1-25-21-19(26-14-16-8-4-2-5-9-16)12-18(22(23)24)13-20(21)27-15-17-10-6-3-7-11-17/h2-13H,14-15H2,1H3. The van der Waals surface area contributed by atoms with Crippen LogP contribution in [0.3, 0.4) is 0 Å². The maximum absolute atomic E-state index is 11.7. The first-order valence-corrected chi connectivity index (χ1v) is 8.80. The Bertz CT molecular complexity index is 830. The molecular formula is C22H19ClO4. The molecule has 3 rings (SSSR count). The maximum atomic E-state index is 11.7. The highest BCUT2D eigenvalue weighted by molar-refractivity contribution is 6.67. The lowest BCUT2D eigenvalue weighted by atomic mass is 10.2. The number of carbonyl (C=O) groups excluding carboxylic acids is 1. The third kappa shape index (κ3) is 5.02. The van der Waals surface area contributed by atoms with Crippen LogP contribution in [0.2, 0.25) is 0 Å². The number of benzene rings is 3. The molecule has 0 amide bonds. The minimum atomic E-state index is -0.591. The molecule has 0 saturated carbocycles. The van der Waals surface area contributed by atoms with Gasteiger partial charge in [-0.25, -0.2) is 0 Å². The Hall–Kier alpha value is -2.98. The van der Waals surface area contributed by atoms with Gasteiger partial charge in [0.05, 0.1) is 7.11 Å². The van der Waals surface area contributed by atoms with Gasteiger partial charge in [0.1, 0.15) is 13.2 Å². The monoisotopic (exact) mass is 382 g/mol. The highest BCUT2D eigenvalue weighted by atomic mass is 35.5. The second-order valence-electron chi connectivity index (χ2n) is 5.83. The molecule has 0 unspecified atom stereocenters. The second kappa shape index (κ2) is 9.10. The summed E-state index contributed by atoms with van der Waals surface area (Å²) in [5.74, 6) is 1.22. The molecule has 27 heavy (non-hydrogen) atoms. The number of hydrogen-bond acceptors (Lipinski definition) is 4. The molecule has 0 aliphatic carbocycles. The summed E-state index contributed by atoms with van der Waals surface area (Å²) in [5.41, 5.74) is 2.27. The van der Waals surface area contributed by atoms with Crippen LogP contribution in [0.15, 0.2) is 72.8 Å². The number of methoxy groups -OCH3 is 1. The fraction of sp³-hybridized carbons (Fsp3) is 0.136. The van der Waals surface area contributed by atoms with E-state index in [1.54, 1.807) is 12.1 Å². The first-order chi connectivity index (χ1) is 13.2. The summed E-state index contributed by atoms with van der Waals surface area (Å²) in [4.78, 5) is 11.7. The van der Waals surface area contributed by atoms with E-state index in [0.717, 1.165) is 11.1 Å².